The van der Waals surface area contributed by atoms with Crippen LogP contribution in [-0.2, 0) is 9.53 Å². The van der Waals surface area contributed by atoms with Crippen molar-refractivity contribution in [3.8, 4) is 29.1 Å². The van der Waals surface area contributed by atoms with Crippen molar-refractivity contribution in [3.63, 3.8) is 0 Å². The normalized spacial score (nSPS) is 15.4. The predicted octanol–water partition coefficient (Wildman–Crippen LogP) is 3.39. The van der Waals surface area contributed by atoms with Gasteiger partial charge in [0.05, 0.1) is 19.4 Å². The maximum absolute atomic E-state index is 11.6. The zero-order valence-electron chi connectivity index (χ0n) is 16.3. The van der Waals surface area contributed by atoms with Crippen LogP contribution in [0, 0.1) is 11.8 Å². The Labute approximate surface area is 169 Å². The van der Waals surface area contributed by atoms with Gasteiger partial charge in [0, 0.05) is 5.56 Å². The molecule has 0 aliphatic carbocycles. The number of esters is 1. The molecule has 1 heterocycles. The number of aldehydes is 1. The summed E-state index contributed by atoms with van der Waals surface area (Å²) in [4.78, 5) is 22.5. The Kier molecular flexibility index (Phi) is 6.75. The van der Waals surface area contributed by atoms with Gasteiger partial charge in [0.25, 0.3) is 0 Å². The van der Waals surface area contributed by atoms with Crippen molar-refractivity contribution < 1.29 is 28.5 Å². The minimum absolute atomic E-state index is 0.201. The number of hydrogen-bond acceptors (Lipinski definition) is 6. The quantitative estimate of drug-likeness (QED) is 0.407. The van der Waals surface area contributed by atoms with Gasteiger partial charge in [0.15, 0.2) is 17.6 Å². The summed E-state index contributed by atoms with van der Waals surface area (Å²) in [5.41, 5.74) is 1.45. The Bertz CT molecular complexity index is 923. The number of rotatable bonds is 7. The highest BCUT2D eigenvalue weighted by Gasteiger charge is 2.22. The molecular weight excluding hydrogens is 372 g/mol. The standard InChI is InChI=1S/C23H22O6/c1-3-4-18(12-23(25)26-2)17-6-8-19(9-7-17)27-14-20-15-28-21-10-5-16(13-24)11-22(21)29-20/h5-11,13,18,20H,12,14-15H2,1-2H3/t18-,20-/m0/s1. The monoisotopic (exact) mass is 394 g/mol. The largest absolute Gasteiger partial charge is 0.490 e. The first-order chi connectivity index (χ1) is 14.1. The predicted molar refractivity (Wildman–Crippen MR) is 107 cm³/mol. The summed E-state index contributed by atoms with van der Waals surface area (Å²) in [5.74, 6) is 7.19. The minimum Gasteiger partial charge on any atom is -0.490 e. The van der Waals surface area contributed by atoms with Crippen LogP contribution >= 0.6 is 0 Å². The first kappa shape index (κ1) is 20.3. The van der Waals surface area contributed by atoms with Crippen LogP contribution in [0.3, 0.4) is 0 Å². The molecule has 0 spiro atoms. The van der Waals surface area contributed by atoms with Crippen LogP contribution in [0.25, 0.3) is 0 Å². The van der Waals surface area contributed by atoms with Gasteiger partial charge in [-0.15, -0.1) is 5.92 Å². The molecule has 2 aromatic rings. The Morgan fingerprint density at radius 1 is 1.24 bits per heavy atom. The van der Waals surface area contributed by atoms with E-state index in [4.69, 9.17) is 18.9 Å². The molecule has 150 valence electrons. The van der Waals surface area contributed by atoms with Crippen molar-refractivity contribution in [2.24, 2.45) is 0 Å². The van der Waals surface area contributed by atoms with Gasteiger partial charge in [-0.25, -0.2) is 0 Å². The van der Waals surface area contributed by atoms with Crippen LogP contribution in [0.15, 0.2) is 42.5 Å². The first-order valence-corrected chi connectivity index (χ1v) is 9.23. The number of carbonyl (C=O) groups is 2. The molecule has 6 nitrogen and oxygen atoms in total. The van der Waals surface area contributed by atoms with Gasteiger partial charge in [0.1, 0.15) is 25.2 Å². The number of carbonyl (C=O) groups excluding carboxylic acids is 2. The van der Waals surface area contributed by atoms with E-state index in [-0.39, 0.29) is 24.4 Å². The Morgan fingerprint density at radius 3 is 2.72 bits per heavy atom. The lowest BCUT2D eigenvalue weighted by molar-refractivity contribution is -0.140. The van der Waals surface area contributed by atoms with Crippen molar-refractivity contribution in [1.29, 1.82) is 0 Å². The molecule has 3 rings (SSSR count). The molecule has 1 aliphatic rings. The van der Waals surface area contributed by atoms with E-state index in [1.165, 1.54) is 7.11 Å². The van der Waals surface area contributed by atoms with Gasteiger partial charge < -0.3 is 18.9 Å². The van der Waals surface area contributed by atoms with Crippen LogP contribution < -0.4 is 14.2 Å². The van der Waals surface area contributed by atoms with Crippen LogP contribution in [0.4, 0.5) is 0 Å². The third kappa shape index (κ3) is 5.29. The molecule has 29 heavy (non-hydrogen) atoms. The molecule has 0 bridgehead atoms. The number of methoxy groups -OCH3 is 1. The summed E-state index contributed by atoms with van der Waals surface area (Å²) >= 11 is 0. The summed E-state index contributed by atoms with van der Waals surface area (Å²) in [6.45, 7) is 2.40. The molecular formula is C23H22O6. The zero-order chi connectivity index (χ0) is 20.6. The van der Waals surface area contributed by atoms with Gasteiger partial charge in [0.2, 0.25) is 0 Å². The summed E-state index contributed by atoms with van der Waals surface area (Å²) < 4.78 is 22.1. The van der Waals surface area contributed by atoms with Crippen LogP contribution in [-0.4, -0.2) is 38.7 Å². The average Bonchev–Trinajstić information content (AvgIpc) is 2.77. The van der Waals surface area contributed by atoms with Gasteiger partial charge in [-0.2, -0.15) is 0 Å². The lowest BCUT2D eigenvalue weighted by atomic mass is 9.96. The van der Waals surface area contributed by atoms with E-state index in [1.54, 1.807) is 25.1 Å². The molecule has 0 fully saturated rings. The molecule has 2 aromatic carbocycles. The van der Waals surface area contributed by atoms with E-state index in [9.17, 15) is 9.59 Å². The van der Waals surface area contributed by atoms with E-state index < -0.39 is 0 Å². The van der Waals surface area contributed by atoms with E-state index >= 15 is 0 Å². The smallest absolute Gasteiger partial charge is 0.307 e. The highest BCUT2D eigenvalue weighted by molar-refractivity contribution is 5.76. The molecule has 0 radical (unpaired) electrons. The van der Waals surface area contributed by atoms with Gasteiger partial charge in [-0.1, -0.05) is 18.1 Å². The van der Waals surface area contributed by atoms with Crippen molar-refractivity contribution in [3.05, 3.63) is 53.6 Å². The second-order valence-electron chi connectivity index (χ2n) is 6.48. The summed E-state index contributed by atoms with van der Waals surface area (Å²) in [6.07, 6.45) is 0.677. The molecule has 1 aliphatic heterocycles. The van der Waals surface area contributed by atoms with Crippen LogP contribution in [0.1, 0.15) is 35.2 Å². The summed E-state index contributed by atoms with van der Waals surface area (Å²) in [5, 5.41) is 0. The Balaban J connectivity index is 1.59. The Morgan fingerprint density at radius 2 is 2.03 bits per heavy atom. The average molecular weight is 394 g/mol. The molecule has 6 heteroatoms. The highest BCUT2D eigenvalue weighted by Crippen LogP contribution is 2.32. The molecule has 0 N–H and O–H groups in total. The summed E-state index contributed by atoms with van der Waals surface area (Å²) in [7, 11) is 1.37. The number of benzene rings is 2. The Hall–Kier alpha value is -3.46. The van der Waals surface area contributed by atoms with E-state index in [0.717, 1.165) is 11.8 Å². The maximum atomic E-state index is 11.6. The van der Waals surface area contributed by atoms with Crippen LogP contribution in [0.5, 0.6) is 17.2 Å². The van der Waals surface area contributed by atoms with Gasteiger partial charge in [-0.05, 0) is 42.8 Å². The van der Waals surface area contributed by atoms with E-state index in [2.05, 4.69) is 11.8 Å². The van der Waals surface area contributed by atoms with E-state index in [1.807, 2.05) is 24.3 Å². The second kappa shape index (κ2) is 9.65. The fourth-order valence-corrected chi connectivity index (χ4v) is 2.95. The number of ether oxygens (including phenoxy) is 4. The van der Waals surface area contributed by atoms with Crippen molar-refractivity contribution in [1.82, 2.24) is 0 Å². The minimum atomic E-state index is -0.300. The maximum Gasteiger partial charge on any atom is 0.307 e. The van der Waals surface area contributed by atoms with Crippen molar-refractivity contribution >= 4 is 12.3 Å². The third-order valence-electron chi connectivity index (χ3n) is 4.46. The number of hydrogen-bond donors (Lipinski definition) is 0. The van der Waals surface area contributed by atoms with Gasteiger partial charge in [-0.3, -0.25) is 9.59 Å². The molecule has 0 saturated heterocycles. The molecule has 0 aromatic heterocycles. The number of fused-ring (bicyclic) bond motifs is 1. The second-order valence-corrected chi connectivity index (χ2v) is 6.48. The SMILES string of the molecule is CC#C[C@@H](CC(=O)OC)c1ccc(OC[C@H]2COc3ccc(C=O)cc3O2)cc1. The zero-order valence-corrected chi connectivity index (χ0v) is 16.3. The van der Waals surface area contributed by atoms with Crippen molar-refractivity contribution in [2.45, 2.75) is 25.4 Å². The fourth-order valence-electron chi connectivity index (χ4n) is 2.95. The van der Waals surface area contributed by atoms with Crippen molar-refractivity contribution in [2.75, 3.05) is 20.3 Å². The molecule has 2 atom stereocenters. The molecule has 0 saturated carbocycles. The first-order valence-electron chi connectivity index (χ1n) is 9.23. The third-order valence-corrected chi connectivity index (χ3v) is 4.46. The topological polar surface area (TPSA) is 71.1 Å². The molecule has 0 amide bonds. The highest BCUT2D eigenvalue weighted by atomic mass is 16.6. The van der Waals surface area contributed by atoms with E-state index in [0.29, 0.717) is 36.0 Å². The summed E-state index contributed by atoms with van der Waals surface area (Å²) in [6, 6.07) is 12.5. The lowest BCUT2D eigenvalue weighted by Crippen LogP contribution is -2.34. The molecule has 0 unspecified atom stereocenters. The fraction of sp³-hybridized carbons (Fsp3) is 0.304. The van der Waals surface area contributed by atoms with Crippen LogP contribution in [0.2, 0.25) is 0 Å². The lowest BCUT2D eigenvalue weighted by Gasteiger charge is -2.26. The van der Waals surface area contributed by atoms with Gasteiger partial charge >= 0.3 is 5.97 Å².